The van der Waals surface area contributed by atoms with Crippen LogP contribution in [0.4, 0.5) is 5.69 Å². The molecule has 0 heterocycles. The number of esters is 2. The molecule has 0 fully saturated rings. The molecule has 0 aliphatic heterocycles. The van der Waals surface area contributed by atoms with Crippen LogP contribution in [0, 0.1) is 0 Å². The van der Waals surface area contributed by atoms with Crippen molar-refractivity contribution in [2.45, 2.75) is 13.8 Å². The van der Waals surface area contributed by atoms with Gasteiger partial charge in [0.05, 0.1) is 29.7 Å². The van der Waals surface area contributed by atoms with Gasteiger partial charge in [-0.05, 0) is 32.0 Å². The van der Waals surface area contributed by atoms with Crippen LogP contribution in [-0.2, 0) is 14.3 Å². The molecular formula is C14H16BrNO5. The lowest BCUT2D eigenvalue weighted by Crippen LogP contribution is -2.15. The van der Waals surface area contributed by atoms with Gasteiger partial charge in [0.15, 0.2) is 0 Å². The number of alkyl halides is 1. The third kappa shape index (κ3) is 5.18. The zero-order valence-electron chi connectivity index (χ0n) is 11.8. The van der Waals surface area contributed by atoms with Crippen molar-refractivity contribution >= 4 is 39.5 Å². The summed E-state index contributed by atoms with van der Waals surface area (Å²) in [6.45, 7) is 3.79. The average molecular weight is 358 g/mol. The zero-order valence-corrected chi connectivity index (χ0v) is 13.4. The summed E-state index contributed by atoms with van der Waals surface area (Å²) in [5.41, 5.74) is 0.674. The van der Waals surface area contributed by atoms with Gasteiger partial charge in [-0.3, -0.25) is 4.79 Å². The third-order valence-electron chi connectivity index (χ3n) is 2.36. The lowest BCUT2D eigenvalue weighted by atomic mass is 10.1. The number of carbonyl (C=O) groups is 3. The summed E-state index contributed by atoms with van der Waals surface area (Å²) in [6.07, 6.45) is 0. The number of carbonyl (C=O) groups excluding carboxylic acids is 3. The molecule has 0 bridgehead atoms. The number of nitrogens with one attached hydrogen (secondary N) is 1. The number of ether oxygens (including phenoxy) is 2. The second-order valence-electron chi connectivity index (χ2n) is 3.92. The maximum absolute atomic E-state index is 11.8. The maximum Gasteiger partial charge on any atom is 0.338 e. The summed E-state index contributed by atoms with van der Waals surface area (Å²) in [6, 6.07) is 4.27. The number of anilines is 1. The molecule has 0 aromatic heterocycles. The molecule has 0 aliphatic carbocycles. The highest BCUT2D eigenvalue weighted by Crippen LogP contribution is 2.17. The second kappa shape index (κ2) is 8.41. The fraction of sp³-hybridized carbons (Fsp3) is 0.357. The highest BCUT2D eigenvalue weighted by atomic mass is 79.9. The lowest BCUT2D eigenvalue weighted by Gasteiger charge is -2.09. The van der Waals surface area contributed by atoms with Crippen molar-refractivity contribution in [3.8, 4) is 0 Å². The van der Waals surface area contributed by atoms with E-state index in [9.17, 15) is 14.4 Å². The van der Waals surface area contributed by atoms with E-state index in [1.807, 2.05) is 0 Å². The van der Waals surface area contributed by atoms with Gasteiger partial charge < -0.3 is 14.8 Å². The Labute approximate surface area is 130 Å². The third-order valence-corrected chi connectivity index (χ3v) is 2.87. The highest BCUT2D eigenvalue weighted by Gasteiger charge is 2.15. The molecule has 21 heavy (non-hydrogen) atoms. The van der Waals surface area contributed by atoms with Gasteiger partial charge >= 0.3 is 11.9 Å². The number of rotatable bonds is 6. The monoisotopic (exact) mass is 357 g/mol. The zero-order chi connectivity index (χ0) is 15.8. The molecule has 1 aromatic carbocycles. The first-order valence-electron chi connectivity index (χ1n) is 6.37. The molecule has 0 spiro atoms. The van der Waals surface area contributed by atoms with E-state index in [-0.39, 0.29) is 35.6 Å². The first kappa shape index (κ1) is 17.2. The average Bonchev–Trinajstić information content (AvgIpc) is 2.47. The molecule has 0 saturated carbocycles. The van der Waals surface area contributed by atoms with Gasteiger partial charge in [-0.2, -0.15) is 0 Å². The first-order chi connectivity index (χ1) is 10.0. The molecule has 0 aliphatic rings. The van der Waals surface area contributed by atoms with Crippen molar-refractivity contribution in [1.82, 2.24) is 0 Å². The number of benzene rings is 1. The molecule has 0 radical (unpaired) electrons. The highest BCUT2D eigenvalue weighted by molar-refractivity contribution is 9.09. The van der Waals surface area contributed by atoms with Crippen LogP contribution in [0.3, 0.4) is 0 Å². The molecule has 1 N–H and O–H groups in total. The molecule has 7 heteroatoms. The minimum atomic E-state index is -0.571. The molecule has 0 unspecified atom stereocenters. The second-order valence-corrected chi connectivity index (χ2v) is 4.48. The predicted molar refractivity (Wildman–Crippen MR) is 80.8 cm³/mol. The quantitative estimate of drug-likeness (QED) is 0.624. The van der Waals surface area contributed by atoms with Crippen LogP contribution in [0.1, 0.15) is 34.6 Å². The summed E-state index contributed by atoms with van der Waals surface area (Å²) in [7, 11) is 0. The van der Waals surface area contributed by atoms with E-state index in [0.29, 0.717) is 5.69 Å². The van der Waals surface area contributed by atoms with Crippen molar-refractivity contribution < 1.29 is 23.9 Å². The standard InChI is InChI=1S/C14H16BrNO5/c1-3-20-13(18)9-5-10(14(19)21-4-2)7-11(6-9)16-12(17)8-15/h5-7H,3-4,8H2,1-2H3,(H,16,17). The van der Waals surface area contributed by atoms with E-state index in [4.69, 9.17) is 9.47 Å². The molecular weight excluding hydrogens is 342 g/mol. The Morgan fingerprint density at radius 3 is 1.86 bits per heavy atom. The minimum absolute atomic E-state index is 0.103. The van der Waals surface area contributed by atoms with Crippen LogP contribution >= 0.6 is 15.9 Å². The molecule has 0 atom stereocenters. The van der Waals surface area contributed by atoms with Gasteiger partial charge in [-0.25, -0.2) is 9.59 Å². The molecule has 1 aromatic rings. The summed E-state index contributed by atoms with van der Waals surface area (Å²) in [5, 5.41) is 2.67. The summed E-state index contributed by atoms with van der Waals surface area (Å²) < 4.78 is 9.79. The van der Waals surface area contributed by atoms with Gasteiger partial charge in [0.2, 0.25) is 5.91 Å². The smallest absolute Gasteiger partial charge is 0.338 e. The van der Waals surface area contributed by atoms with Crippen molar-refractivity contribution in [3.05, 3.63) is 29.3 Å². The van der Waals surface area contributed by atoms with E-state index >= 15 is 0 Å². The molecule has 0 saturated heterocycles. The normalized spacial score (nSPS) is 9.86. The number of amides is 1. The van der Waals surface area contributed by atoms with Crippen molar-refractivity contribution in [2.24, 2.45) is 0 Å². The number of halogens is 1. The lowest BCUT2D eigenvalue weighted by molar-refractivity contribution is -0.113. The van der Waals surface area contributed by atoms with Crippen molar-refractivity contribution in [3.63, 3.8) is 0 Å². The van der Waals surface area contributed by atoms with E-state index in [1.54, 1.807) is 13.8 Å². The fourth-order valence-corrected chi connectivity index (χ4v) is 1.70. The number of hydrogen-bond donors (Lipinski definition) is 1. The van der Waals surface area contributed by atoms with E-state index in [2.05, 4.69) is 21.2 Å². The van der Waals surface area contributed by atoms with Crippen LogP contribution in [0.15, 0.2) is 18.2 Å². The Kier molecular flexibility index (Phi) is 6.87. The van der Waals surface area contributed by atoms with E-state index in [0.717, 1.165) is 0 Å². The molecule has 1 rings (SSSR count). The Hall–Kier alpha value is -1.89. The van der Waals surface area contributed by atoms with Gasteiger partial charge in [-0.15, -0.1) is 0 Å². The topological polar surface area (TPSA) is 81.7 Å². The summed E-state index contributed by atoms with van der Waals surface area (Å²) >= 11 is 3.02. The van der Waals surface area contributed by atoms with Crippen LogP contribution in [-0.4, -0.2) is 36.4 Å². The SMILES string of the molecule is CCOC(=O)c1cc(NC(=O)CBr)cc(C(=O)OCC)c1. The van der Waals surface area contributed by atoms with E-state index < -0.39 is 11.9 Å². The van der Waals surface area contributed by atoms with Gasteiger partial charge in [0.1, 0.15) is 0 Å². The summed E-state index contributed by atoms with van der Waals surface area (Å²) in [5.74, 6) is -1.44. The van der Waals surface area contributed by atoms with Gasteiger partial charge in [0.25, 0.3) is 0 Å². The predicted octanol–water partition coefficient (Wildman–Crippen LogP) is 2.37. The van der Waals surface area contributed by atoms with Crippen LogP contribution in [0.2, 0.25) is 0 Å². The van der Waals surface area contributed by atoms with Crippen LogP contribution < -0.4 is 5.32 Å². The molecule has 1 amide bonds. The van der Waals surface area contributed by atoms with Crippen LogP contribution in [0.5, 0.6) is 0 Å². The Morgan fingerprint density at radius 1 is 1.00 bits per heavy atom. The van der Waals surface area contributed by atoms with Crippen molar-refractivity contribution in [1.29, 1.82) is 0 Å². The van der Waals surface area contributed by atoms with E-state index in [1.165, 1.54) is 18.2 Å². The van der Waals surface area contributed by atoms with Crippen molar-refractivity contribution in [2.75, 3.05) is 23.9 Å². The van der Waals surface area contributed by atoms with Gasteiger partial charge in [-0.1, -0.05) is 15.9 Å². The molecule has 114 valence electrons. The maximum atomic E-state index is 11.8. The Morgan fingerprint density at radius 2 is 1.48 bits per heavy atom. The largest absolute Gasteiger partial charge is 0.462 e. The van der Waals surface area contributed by atoms with Gasteiger partial charge in [0, 0.05) is 5.69 Å². The fourth-order valence-electron chi connectivity index (χ4n) is 1.56. The first-order valence-corrected chi connectivity index (χ1v) is 7.49. The number of hydrogen-bond acceptors (Lipinski definition) is 5. The minimum Gasteiger partial charge on any atom is -0.462 e. The van der Waals surface area contributed by atoms with Crippen LogP contribution in [0.25, 0.3) is 0 Å². The Bertz CT molecular complexity index is 508. The molecule has 6 nitrogen and oxygen atoms in total. The summed E-state index contributed by atoms with van der Waals surface area (Å²) in [4.78, 5) is 35.0. The Balaban J connectivity index is 3.15.